The van der Waals surface area contributed by atoms with Crippen LogP contribution in [0.5, 0.6) is 0 Å². The summed E-state index contributed by atoms with van der Waals surface area (Å²) in [5.41, 5.74) is -0.292. The van der Waals surface area contributed by atoms with Crippen molar-refractivity contribution in [1.29, 1.82) is 0 Å². The van der Waals surface area contributed by atoms with E-state index in [-0.39, 0.29) is 18.2 Å². The zero-order chi connectivity index (χ0) is 8.48. The number of amides is 1. The summed E-state index contributed by atoms with van der Waals surface area (Å²) in [6.45, 7) is 4.67. The van der Waals surface area contributed by atoms with Crippen LogP contribution in [0, 0.1) is 0 Å². The molecule has 2 N–H and O–H groups in total. The molecular formula is C7H14N2O2. The molecule has 0 radical (unpaired) electrons. The third kappa shape index (κ3) is 1.52. The molecule has 0 spiro atoms. The van der Waals surface area contributed by atoms with E-state index in [0.717, 1.165) is 0 Å². The Balaban J connectivity index is 2.64. The Morgan fingerprint density at radius 2 is 2.36 bits per heavy atom. The number of hydrogen-bond donors (Lipinski definition) is 2. The quantitative estimate of drug-likeness (QED) is 0.550. The van der Waals surface area contributed by atoms with Gasteiger partial charge in [-0.25, -0.2) is 0 Å². The van der Waals surface area contributed by atoms with Gasteiger partial charge in [-0.1, -0.05) is 0 Å². The molecule has 1 rings (SSSR count). The van der Waals surface area contributed by atoms with Crippen LogP contribution in [0.25, 0.3) is 0 Å². The molecule has 0 unspecified atom stereocenters. The lowest BCUT2D eigenvalue weighted by Crippen LogP contribution is -2.47. The predicted molar refractivity (Wildman–Crippen MR) is 40.9 cm³/mol. The molecule has 1 aliphatic rings. The third-order valence-corrected chi connectivity index (χ3v) is 1.97. The van der Waals surface area contributed by atoms with Crippen molar-refractivity contribution in [3.63, 3.8) is 0 Å². The highest BCUT2D eigenvalue weighted by molar-refractivity contribution is 5.81. The Morgan fingerprint density at radius 3 is 2.73 bits per heavy atom. The summed E-state index contributed by atoms with van der Waals surface area (Å²) in [5.74, 6) is 0.0593. The first-order chi connectivity index (χ1) is 5.08. The van der Waals surface area contributed by atoms with Crippen molar-refractivity contribution in [3.8, 4) is 0 Å². The Labute approximate surface area is 66.2 Å². The van der Waals surface area contributed by atoms with Gasteiger partial charge in [0.05, 0.1) is 18.8 Å². The maximum Gasteiger partial charge on any atom is 0.238 e. The van der Waals surface area contributed by atoms with Gasteiger partial charge in [0.25, 0.3) is 0 Å². The standard InChI is InChI=1S/C7H14N2O2/c1-7(2)8-5-6(11)9(7)3-4-10/h8,10H,3-5H2,1-2H3. The fourth-order valence-corrected chi connectivity index (χ4v) is 1.30. The van der Waals surface area contributed by atoms with Gasteiger partial charge in [-0.05, 0) is 13.8 Å². The first-order valence-electron chi connectivity index (χ1n) is 3.74. The highest BCUT2D eigenvalue weighted by Gasteiger charge is 2.36. The van der Waals surface area contributed by atoms with Crippen LogP contribution in [0.1, 0.15) is 13.8 Å². The van der Waals surface area contributed by atoms with E-state index < -0.39 is 0 Å². The normalized spacial score (nSPS) is 22.8. The lowest BCUT2D eigenvalue weighted by atomic mass is 10.2. The first kappa shape index (κ1) is 8.49. The summed E-state index contributed by atoms with van der Waals surface area (Å²) in [4.78, 5) is 12.8. The van der Waals surface area contributed by atoms with Gasteiger partial charge in [-0.2, -0.15) is 0 Å². The molecule has 1 heterocycles. The van der Waals surface area contributed by atoms with E-state index in [1.807, 2.05) is 13.8 Å². The minimum absolute atomic E-state index is 0.0247. The fraction of sp³-hybridized carbons (Fsp3) is 0.857. The molecule has 1 saturated heterocycles. The van der Waals surface area contributed by atoms with Crippen molar-refractivity contribution < 1.29 is 9.90 Å². The summed E-state index contributed by atoms with van der Waals surface area (Å²) >= 11 is 0. The van der Waals surface area contributed by atoms with Crippen LogP contribution in [0.3, 0.4) is 0 Å². The maximum absolute atomic E-state index is 11.1. The molecule has 0 aliphatic carbocycles. The van der Waals surface area contributed by atoms with Gasteiger partial charge < -0.3 is 10.0 Å². The number of aliphatic hydroxyl groups is 1. The van der Waals surface area contributed by atoms with Crippen LogP contribution in [0.2, 0.25) is 0 Å². The van der Waals surface area contributed by atoms with Crippen LogP contribution < -0.4 is 5.32 Å². The molecule has 0 aromatic heterocycles. The molecule has 64 valence electrons. The van der Waals surface area contributed by atoms with Crippen LogP contribution in [-0.2, 0) is 4.79 Å². The van der Waals surface area contributed by atoms with E-state index in [4.69, 9.17) is 5.11 Å². The van der Waals surface area contributed by atoms with Crippen molar-refractivity contribution >= 4 is 5.91 Å². The van der Waals surface area contributed by atoms with Gasteiger partial charge in [0.15, 0.2) is 0 Å². The maximum atomic E-state index is 11.1. The van der Waals surface area contributed by atoms with Crippen molar-refractivity contribution in [2.45, 2.75) is 19.5 Å². The predicted octanol–water partition coefficient (Wildman–Crippen LogP) is -0.853. The van der Waals surface area contributed by atoms with Gasteiger partial charge in [0, 0.05) is 6.54 Å². The molecule has 4 nitrogen and oxygen atoms in total. The number of aliphatic hydroxyl groups excluding tert-OH is 1. The van der Waals surface area contributed by atoms with E-state index in [9.17, 15) is 4.79 Å². The molecule has 11 heavy (non-hydrogen) atoms. The highest BCUT2D eigenvalue weighted by Crippen LogP contribution is 2.15. The monoisotopic (exact) mass is 158 g/mol. The number of β-amino-alcohol motifs (C(OH)–C–C–N with tert-alkyl or cyclic N) is 1. The molecule has 1 fully saturated rings. The minimum Gasteiger partial charge on any atom is -0.395 e. The number of rotatable bonds is 2. The zero-order valence-electron chi connectivity index (χ0n) is 6.92. The molecular weight excluding hydrogens is 144 g/mol. The minimum atomic E-state index is -0.292. The average molecular weight is 158 g/mol. The lowest BCUT2D eigenvalue weighted by molar-refractivity contribution is -0.130. The summed E-state index contributed by atoms with van der Waals surface area (Å²) < 4.78 is 0. The van der Waals surface area contributed by atoms with E-state index in [0.29, 0.717) is 13.1 Å². The SMILES string of the molecule is CC1(C)NCC(=O)N1CCO. The van der Waals surface area contributed by atoms with Crippen LogP contribution in [0.4, 0.5) is 0 Å². The van der Waals surface area contributed by atoms with E-state index in [1.165, 1.54) is 0 Å². The second kappa shape index (κ2) is 2.79. The Hall–Kier alpha value is -0.610. The van der Waals surface area contributed by atoms with Gasteiger partial charge in [-0.15, -0.1) is 0 Å². The zero-order valence-corrected chi connectivity index (χ0v) is 6.92. The summed E-state index contributed by atoms with van der Waals surface area (Å²) in [5, 5.41) is 11.7. The smallest absolute Gasteiger partial charge is 0.238 e. The van der Waals surface area contributed by atoms with Gasteiger partial charge >= 0.3 is 0 Å². The highest BCUT2D eigenvalue weighted by atomic mass is 16.3. The van der Waals surface area contributed by atoms with E-state index >= 15 is 0 Å². The molecule has 4 heteroatoms. The average Bonchev–Trinajstić information content (AvgIpc) is 2.16. The fourth-order valence-electron chi connectivity index (χ4n) is 1.30. The molecule has 1 aliphatic heterocycles. The van der Waals surface area contributed by atoms with Gasteiger partial charge in [-0.3, -0.25) is 10.1 Å². The van der Waals surface area contributed by atoms with Crippen molar-refractivity contribution in [1.82, 2.24) is 10.2 Å². The van der Waals surface area contributed by atoms with Crippen LogP contribution in [0.15, 0.2) is 0 Å². The topological polar surface area (TPSA) is 52.6 Å². The van der Waals surface area contributed by atoms with Crippen molar-refractivity contribution in [2.75, 3.05) is 19.7 Å². The van der Waals surface area contributed by atoms with Crippen molar-refractivity contribution in [3.05, 3.63) is 0 Å². The van der Waals surface area contributed by atoms with E-state index in [2.05, 4.69) is 5.32 Å². The summed E-state index contributed by atoms with van der Waals surface area (Å²) in [6.07, 6.45) is 0. The number of carbonyl (C=O) groups excluding carboxylic acids is 1. The van der Waals surface area contributed by atoms with Gasteiger partial charge in [0.1, 0.15) is 0 Å². The third-order valence-electron chi connectivity index (χ3n) is 1.97. The number of hydrogen-bond acceptors (Lipinski definition) is 3. The molecule has 0 bridgehead atoms. The largest absolute Gasteiger partial charge is 0.395 e. The second-order valence-electron chi connectivity index (χ2n) is 3.18. The van der Waals surface area contributed by atoms with Gasteiger partial charge in [0.2, 0.25) is 5.91 Å². The molecule has 0 atom stereocenters. The second-order valence-corrected chi connectivity index (χ2v) is 3.18. The summed E-state index contributed by atoms with van der Waals surface area (Å²) in [7, 11) is 0. The van der Waals surface area contributed by atoms with Crippen molar-refractivity contribution in [2.24, 2.45) is 0 Å². The summed E-state index contributed by atoms with van der Waals surface area (Å²) in [6, 6.07) is 0. The molecule has 0 aromatic carbocycles. The van der Waals surface area contributed by atoms with Crippen LogP contribution >= 0.6 is 0 Å². The van der Waals surface area contributed by atoms with Crippen LogP contribution in [-0.4, -0.2) is 41.3 Å². The molecule has 1 amide bonds. The molecule has 0 aromatic rings. The molecule has 0 saturated carbocycles. The lowest BCUT2D eigenvalue weighted by Gasteiger charge is -2.30. The van der Waals surface area contributed by atoms with E-state index in [1.54, 1.807) is 4.90 Å². The number of nitrogens with zero attached hydrogens (tertiary/aromatic N) is 1. The number of nitrogens with one attached hydrogen (secondary N) is 1. The first-order valence-corrected chi connectivity index (χ1v) is 3.74. The Bertz CT molecular complexity index is 168. The number of carbonyl (C=O) groups is 1. The Morgan fingerprint density at radius 1 is 1.73 bits per heavy atom. The Kier molecular flexibility index (Phi) is 2.15.